The maximum absolute atomic E-state index is 5.90. The second-order valence-corrected chi connectivity index (χ2v) is 8.42. The monoisotopic (exact) mass is 444 g/mol. The summed E-state index contributed by atoms with van der Waals surface area (Å²) in [6.07, 6.45) is 2.88. The van der Waals surface area contributed by atoms with Gasteiger partial charge in [-0.15, -0.1) is 0 Å². The largest absolute Gasteiger partial charge is 0.397 e. The van der Waals surface area contributed by atoms with Gasteiger partial charge in [0.2, 0.25) is 0 Å². The van der Waals surface area contributed by atoms with Crippen LogP contribution in [-0.4, -0.2) is 18.2 Å². The van der Waals surface area contributed by atoms with E-state index in [-0.39, 0.29) is 0 Å². The van der Waals surface area contributed by atoms with Gasteiger partial charge in [0.1, 0.15) is 5.70 Å². The number of hydrogen-bond donors (Lipinski definition) is 2. The Morgan fingerprint density at radius 1 is 1.12 bits per heavy atom. The Bertz CT molecular complexity index is 1030. The lowest BCUT2D eigenvalue weighted by molar-refractivity contribution is 0.453. The number of nitrogens with two attached hydrogens (primary N) is 1. The topological polar surface area (TPSA) is 53.6 Å². The minimum Gasteiger partial charge on any atom is -0.397 e. The molecule has 0 bridgehead atoms. The zero-order valence-electron chi connectivity index (χ0n) is 21.1. The van der Waals surface area contributed by atoms with Gasteiger partial charge in [0.25, 0.3) is 0 Å². The number of allylic oxidation sites excluding steroid dienone is 4. The molecule has 176 valence electrons. The number of benzene rings is 1. The van der Waals surface area contributed by atoms with Crippen molar-refractivity contribution in [2.75, 3.05) is 6.54 Å². The summed E-state index contributed by atoms with van der Waals surface area (Å²) in [5, 5.41) is 3.39. The molecule has 0 aliphatic heterocycles. The maximum Gasteiger partial charge on any atom is 0.104 e. The minimum atomic E-state index is 0.372. The highest BCUT2D eigenvalue weighted by molar-refractivity contribution is 5.45. The smallest absolute Gasteiger partial charge is 0.104 e. The molecule has 1 aromatic rings. The van der Waals surface area contributed by atoms with Crippen molar-refractivity contribution < 1.29 is 0 Å². The van der Waals surface area contributed by atoms with Crippen molar-refractivity contribution in [1.82, 2.24) is 10.2 Å². The van der Waals surface area contributed by atoms with Crippen LogP contribution in [0, 0.1) is 6.92 Å². The molecule has 0 saturated heterocycles. The second-order valence-electron chi connectivity index (χ2n) is 8.42. The molecule has 33 heavy (non-hydrogen) atoms. The van der Waals surface area contributed by atoms with Crippen LogP contribution in [0.1, 0.15) is 44.4 Å². The molecule has 0 fully saturated rings. The first-order valence-electron chi connectivity index (χ1n) is 11.0. The van der Waals surface area contributed by atoms with E-state index in [0.717, 1.165) is 40.2 Å². The van der Waals surface area contributed by atoms with E-state index in [1.165, 1.54) is 16.7 Å². The minimum absolute atomic E-state index is 0.372. The molecule has 4 heteroatoms. The van der Waals surface area contributed by atoms with E-state index in [0.29, 0.717) is 24.5 Å². The van der Waals surface area contributed by atoms with Crippen LogP contribution >= 0.6 is 0 Å². The van der Waals surface area contributed by atoms with Crippen molar-refractivity contribution in [2.45, 2.75) is 47.6 Å². The molecule has 1 aromatic carbocycles. The number of nitrogens with one attached hydrogen (secondary N) is 1. The zero-order chi connectivity index (χ0) is 25.3. The first-order chi connectivity index (χ1) is 15.4. The molecule has 0 spiro atoms. The molecule has 0 unspecified atom stereocenters. The first-order valence-corrected chi connectivity index (χ1v) is 11.0. The van der Waals surface area contributed by atoms with Gasteiger partial charge in [-0.1, -0.05) is 56.7 Å². The van der Waals surface area contributed by atoms with E-state index >= 15 is 0 Å². The fraction of sp³-hybridized carbons (Fsp3) is 0.276. The molecule has 1 rings (SSSR count). The average Bonchev–Trinajstić information content (AvgIpc) is 2.73. The zero-order valence-corrected chi connectivity index (χ0v) is 21.1. The summed E-state index contributed by atoms with van der Waals surface area (Å²) >= 11 is 0. The maximum atomic E-state index is 5.90. The lowest BCUT2D eigenvalue weighted by Gasteiger charge is -2.29. The summed E-state index contributed by atoms with van der Waals surface area (Å²) in [6.45, 7) is 35.5. The van der Waals surface area contributed by atoms with E-state index in [1.54, 1.807) is 0 Å². The van der Waals surface area contributed by atoms with Crippen LogP contribution < -0.4 is 11.1 Å². The fourth-order valence-corrected chi connectivity index (χ4v) is 3.56. The molecule has 0 amide bonds. The molecular weight excluding hydrogens is 404 g/mol. The quantitative estimate of drug-likeness (QED) is 0.208. The lowest BCUT2D eigenvalue weighted by Crippen LogP contribution is -2.24. The molecule has 0 radical (unpaired) electrons. The van der Waals surface area contributed by atoms with Crippen molar-refractivity contribution in [3.63, 3.8) is 0 Å². The highest BCUT2D eigenvalue weighted by Crippen LogP contribution is 2.25. The number of hydrogen-bond acceptors (Lipinski definition) is 4. The Morgan fingerprint density at radius 3 is 2.21 bits per heavy atom. The first kappa shape index (κ1) is 27.5. The van der Waals surface area contributed by atoms with Crippen molar-refractivity contribution in [3.8, 4) is 0 Å². The van der Waals surface area contributed by atoms with E-state index in [1.807, 2.05) is 19.9 Å². The Labute approximate surface area is 201 Å². The van der Waals surface area contributed by atoms with Crippen LogP contribution in [0.25, 0.3) is 0 Å². The van der Waals surface area contributed by atoms with Gasteiger partial charge in [-0.2, -0.15) is 0 Å². The Morgan fingerprint density at radius 2 is 1.76 bits per heavy atom. The summed E-state index contributed by atoms with van der Waals surface area (Å²) in [6, 6.07) is 6.51. The van der Waals surface area contributed by atoms with Gasteiger partial charge in [-0.05, 0) is 81.7 Å². The van der Waals surface area contributed by atoms with Crippen LogP contribution in [0.15, 0.2) is 107 Å². The highest BCUT2D eigenvalue weighted by atomic mass is 15.2. The van der Waals surface area contributed by atoms with Crippen molar-refractivity contribution >= 4 is 6.72 Å². The summed E-state index contributed by atoms with van der Waals surface area (Å²) in [5.41, 5.74) is 15.9. The highest BCUT2D eigenvalue weighted by Gasteiger charge is 2.16. The van der Waals surface area contributed by atoms with Crippen molar-refractivity contribution in [1.29, 1.82) is 0 Å². The van der Waals surface area contributed by atoms with Crippen LogP contribution in [-0.2, 0) is 13.0 Å². The summed E-state index contributed by atoms with van der Waals surface area (Å²) in [4.78, 5) is 6.13. The molecule has 0 heterocycles. The third kappa shape index (κ3) is 7.83. The van der Waals surface area contributed by atoms with Crippen LogP contribution in [0.3, 0.4) is 0 Å². The molecule has 0 saturated carbocycles. The number of aliphatic imine (C=N–C) groups is 1. The molecule has 0 aliphatic carbocycles. The second kappa shape index (κ2) is 12.5. The third-order valence-electron chi connectivity index (χ3n) is 5.36. The molecule has 0 aromatic heterocycles. The van der Waals surface area contributed by atoms with E-state index in [2.05, 4.69) is 93.8 Å². The van der Waals surface area contributed by atoms with E-state index < -0.39 is 0 Å². The summed E-state index contributed by atoms with van der Waals surface area (Å²) in [7, 11) is 0. The molecule has 0 atom stereocenters. The Balaban J connectivity index is 3.07. The lowest BCUT2D eigenvalue weighted by atomic mass is 10.00. The normalized spacial score (nSPS) is 11.8. The number of nitrogens with zero attached hydrogens (tertiary/aromatic N) is 2. The van der Waals surface area contributed by atoms with Crippen LogP contribution in [0.2, 0.25) is 0 Å². The number of likely N-dealkylation sites (N-methyl/N-ethyl adjacent to an activating group) is 1. The Kier molecular flexibility index (Phi) is 10.4. The predicted molar refractivity (Wildman–Crippen MR) is 146 cm³/mol. The van der Waals surface area contributed by atoms with Gasteiger partial charge >= 0.3 is 0 Å². The predicted octanol–water partition coefficient (Wildman–Crippen LogP) is 6.46. The van der Waals surface area contributed by atoms with E-state index in [9.17, 15) is 0 Å². The van der Waals surface area contributed by atoms with Crippen LogP contribution in [0.4, 0.5) is 0 Å². The SMILES string of the molecule is C=N/C(C(=C)N)=C(/C)N(CC)/C(=C\C(=C)C(=C)NCc1ccc(CC(=C)C)c(C)c1)C(=C)C. The van der Waals surface area contributed by atoms with Crippen molar-refractivity contribution in [2.24, 2.45) is 10.7 Å². The average molecular weight is 445 g/mol. The van der Waals surface area contributed by atoms with Gasteiger partial charge in [0.05, 0.1) is 5.70 Å². The van der Waals surface area contributed by atoms with Gasteiger partial charge in [-0.25, -0.2) is 0 Å². The van der Waals surface area contributed by atoms with Gasteiger partial charge in [-0.3, -0.25) is 4.99 Å². The van der Waals surface area contributed by atoms with Gasteiger partial charge in [0, 0.05) is 30.2 Å². The molecule has 4 nitrogen and oxygen atoms in total. The van der Waals surface area contributed by atoms with Gasteiger partial charge in [0.15, 0.2) is 0 Å². The molecular formula is C29H40N4. The molecule has 3 N–H and O–H groups in total. The third-order valence-corrected chi connectivity index (χ3v) is 5.36. The van der Waals surface area contributed by atoms with Gasteiger partial charge < -0.3 is 16.0 Å². The summed E-state index contributed by atoms with van der Waals surface area (Å²) < 4.78 is 0. The van der Waals surface area contributed by atoms with Crippen molar-refractivity contribution in [3.05, 3.63) is 119 Å². The van der Waals surface area contributed by atoms with E-state index in [4.69, 9.17) is 5.73 Å². The Hall–Kier alpha value is -3.53. The fourth-order valence-electron chi connectivity index (χ4n) is 3.56. The van der Waals surface area contributed by atoms with Crippen LogP contribution in [0.5, 0.6) is 0 Å². The summed E-state index contributed by atoms with van der Waals surface area (Å²) in [5.74, 6) is 0. The molecule has 0 aliphatic rings. The number of rotatable bonds is 13. The standard InChI is InChI=1S/C29H40N4/c1-12-33(25(10)29(31-11)23(8)30)28(20(4)5)17-21(6)24(9)32-18-26-13-14-27(15-19(2)3)22(7)16-26/h13-14,16-17,32H,2,4,6,8-9,11-12,15,18,30H2,1,3,5,7,10H3/b28-17-,29-25-. The number of aryl methyl sites for hydroxylation is 1.